The molecule has 0 heterocycles. The van der Waals surface area contributed by atoms with Gasteiger partial charge >= 0.3 is 0 Å². The number of ether oxygens (including phenoxy) is 1. The molecule has 1 saturated carbocycles. The zero-order valence-electron chi connectivity index (χ0n) is 9.40. The number of hydrogen-bond donors (Lipinski definition) is 0. The number of methoxy groups -OCH3 is 1. The SMILES string of the molecule is COc1ccccc1SCC1(CC#N)CC1. The Kier molecular flexibility index (Phi) is 3.40. The Hall–Kier alpha value is -1.14. The predicted molar refractivity (Wildman–Crippen MR) is 65.6 cm³/mol. The minimum atomic E-state index is 0.292. The van der Waals surface area contributed by atoms with Crippen LogP contribution in [0.1, 0.15) is 19.3 Å². The fraction of sp³-hybridized carbons (Fsp3) is 0.462. The molecule has 2 rings (SSSR count). The lowest BCUT2D eigenvalue weighted by atomic mass is 10.1. The van der Waals surface area contributed by atoms with Gasteiger partial charge in [-0.1, -0.05) is 12.1 Å². The minimum Gasteiger partial charge on any atom is -0.496 e. The molecule has 0 spiro atoms. The van der Waals surface area contributed by atoms with Crippen LogP contribution < -0.4 is 4.74 Å². The van der Waals surface area contributed by atoms with Crippen LogP contribution in [0.15, 0.2) is 29.2 Å². The molecule has 3 heteroatoms. The van der Waals surface area contributed by atoms with Gasteiger partial charge in [-0.3, -0.25) is 0 Å². The molecular weight excluding hydrogens is 218 g/mol. The fourth-order valence-corrected chi connectivity index (χ4v) is 3.01. The largest absolute Gasteiger partial charge is 0.496 e. The van der Waals surface area contributed by atoms with Crippen molar-refractivity contribution in [1.82, 2.24) is 0 Å². The van der Waals surface area contributed by atoms with E-state index in [4.69, 9.17) is 10.00 Å². The van der Waals surface area contributed by atoms with Gasteiger partial charge in [-0.15, -0.1) is 11.8 Å². The zero-order valence-corrected chi connectivity index (χ0v) is 10.2. The van der Waals surface area contributed by atoms with Gasteiger partial charge in [-0.25, -0.2) is 0 Å². The highest BCUT2D eigenvalue weighted by Gasteiger charge is 2.42. The second kappa shape index (κ2) is 4.80. The third-order valence-electron chi connectivity index (χ3n) is 3.01. The van der Waals surface area contributed by atoms with Gasteiger partial charge in [-0.2, -0.15) is 5.26 Å². The molecule has 0 amide bonds. The van der Waals surface area contributed by atoms with Crippen LogP contribution in [0.4, 0.5) is 0 Å². The van der Waals surface area contributed by atoms with E-state index in [-0.39, 0.29) is 0 Å². The number of nitriles is 1. The van der Waals surface area contributed by atoms with Gasteiger partial charge in [0.2, 0.25) is 0 Å². The highest BCUT2D eigenvalue weighted by atomic mass is 32.2. The fourth-order valence-electron chi connectivity index (χ4n) is 1.69. The summed E-state index contributed by atoms with van der Waals surface area (Å²) in [5, 5.41) is 8.76. The number of rotatable bonds is 5. The zero-order chi connectivity index (χ0) is 11.4. The summed E-state index contributed by atoms with van der Waals surface area (Å²) in [7, 11) is 1.70. The van der Waals surface area contributed by atoms with Crippen molar-refractivity contribution in [3.8, 4) is 11.8 Å². The van der Waals surface area contributed by atoms with Gasteiger partial charge in [0.15, 0.2) is 0 Å². The molecule has 0 atom stereocenters. The van der Waals surface area contributed by atoms with Crippen molar-refractivity contribution >= 4 is 11.8 Å². The lowest BCUT2D eigenvalue weighted by Gasteiger charge is -2.12. The Morgan fingerprint density at radius 3 is 2.81 bits per heavy atom. The van der Waals surface area contributed by atoms with E-state index in [2.05, 4.69) is 12.1 Å². The predicted octanol–water partition coefficient (Wildman–Crippen LogP) is 3.48. The molecule has 0 N–H and O–H groups in total. The summed E-state index contributed by atoms with van der Waals surface area (Å²) < 4.78 is 5.31. The second-order valence-corrected chi connectivity index (χ2v) is 5.29. The maximum atomic E-state index is 8.76. The molecule has 0 bridgehead atoms. The minimum absolute atomic E-state index is 0.292. The number of benzene rings is 1. The Morgan fingerprint density at radius 1 is 1.44 bits per heavy atom. The Bertz CT molecular complexity index is 407. The Labute approximate surface area is 101 Å². The smallest absolute Gasteiger partial charge is 0.132 e. The normalized spacial score (nSPS) is 16.5. The van der Waals surface area contributed by atoms with Crippen LogP contribution in [-0.4, -0.2) is 12.9 Å². The Morgan fingerprint density at radius 2 is 2.19 bits per heavy atom. The van der Waals surface area contributed by atoms with E-state index in [1.165, 1.54) is 17.7 Å². The third kappa shape index (κ3) is 2.51. The monoisotopic (exact) mass is 233 g/mol. The van der Waals surface area contributed by atoms with Crippen LogP contribution in [0.3, 0.4) is 0 Å². The van der Waals surface area contributed by atoms with Crippen molar-refractivity contribution in [3.63, 3.8) is 0 Å². The van der Waals surface area contributed by atoms with Gasteiger partial charge < -0.3 is 4.74 Å². The van der Waals surface area contributed by atoms with Crippen LogP contribution in [0.5, 0.6) is 5.75 Å². The topological polar surface area (TPSA) is 33.0 Å². The first kappa shape index (κ1) is 11.3. The van der Waals surface area contributed by atoms with E-state index in [0.29, 0.717) is 11.8 Å². The van der Waals surface area contributed by atoms with Gasteiger partial charge in [-0.05, 0) is 30.4 Å². The number of thioether (sulfide) groups is 1. The van der Waals surface area contributed by atoms with Crippen LogP contribution in [0, 0.1) is 16.7 Å². The lowest BCUT2D eigenvalue weighted by molar-refractivity contribution is 0.404. The molecule has 0 radical (unpaired) electrons. The van der Waals surface area contributed by atoms with Gasteiger partial charge in [0.1, 0.15) is 5.75 Å². The number of hydrogen-bond acceptors (Lipinski definition) is 3. The summed E-state index contributed by atoms with van der Waals surface area (Å²) in [6.45, 7) is 0. The molecule has 0 aromatic heterocycles. The summed E-state index contributed by atoms with van der Waals surface area (Å²) in [5.41, 5.74) is 0.292. The van der Waals surface area contributed by atoms with E-state index in [1.54, 1.807) is 18.9 Å². The van der Waals surface area contributed by atoms with Crippen LogP contribution in [-0.2, 0) is 0 Å². The Balaban J connectivity index is 1.97. The molecule has 1 aliphatic rings. The van der Waals surface area contributed by atoms with Crippen molar-refractivity contribution in [2.24, 2.45) is 5.41 Å². The molecule has 0 unspecified atom stereocenters. The first-order chi connectivity index (χ1) is 7.79. The second-order valence-electron chi connectivity index (χ2n) is 4.27. The van der Waals surface area contributed by atoms with Gasteiger partial charge in [0.25, 0.3) is 0 Å². The van der Waals surface area contributed by atoms with Crippen molar-refractivity contribution < 1.29 is 4.74 Å². The highest BCUT2D eigenvalue weighted by molar-refractivity contribution is 7.99. The quantitative estimate of drug-likeness (QED) is 0.730. The average Bonchev–Trinajstić information content (AvgIpc) is 3.08. The summed E-state index contributed by atoms with van der Waals surface area (Å²) in [4.78, 5) is 1.18. The van der Waals surface area contributed by atoms with Crippen molar-refractivity contribution in [2.75, 3.05) is 12.9 Å². The van der Waals surface area contributed by atoms with Crippen LogP contribution in [0.25, 0.3) is 0 Å². The maximum absolute atomic E-state index is 8.76. The first-order valence-electron chi connectivity index (χ1n) is 5.42. The molecule has 0 aliphatic heterocycles. The average molecular weight is 233 g/mol. The first-order valence-corrected chi connectivity index (χ1v) is 6.41. The molecular formula is C13H15NOS. The number of para-hydroxylation sites is 1. The molecule has 16 heavy (non-hydrogen) atoms. The van der Waals surface area contributed by atoms with E-state index < -0.39 is 0 Å². The van der Waals surface area contributed by atoms with Crippen molar-refractivity contribution in [2.45, 2.75) is 24.2 Å². The highest BCUT2D eigenvalue weighted by Crippen LogP contribution is 2.52. The van der Waals surface area contributed by atoms with Gasteiger partial charge in [0, 0.05) is 17.1 Å². The maximum Gasteiger partial charge on any atom is 0.132 e. The molecule has 1 aromatic carbocycles. The molecule has 2 nitrogen and oxygen atoms in total. The van der Waals surface area contributed by atoms with Crippen LogP contribution >= 0.6 is 11.8 Å². The standard InChI is InChI=1S/C13H15NOS/c1-15-11-4-2-3-5-12(11)16-10-13(6-7-13)8-9-14/h2-5H,6-8,10H2,1H3. The summed E-state index contributed by atoms with van der Waals surface area (Å²) >= 11 is 1.80. The van der Waals surface area contributed by atoms with E-state index in [0.717, 1.165) is 11.5 Å². The molecule has 1 fully saturated rings. The number of nitrogens with zero attached hydrogens (tertiary/aromatic N) is 1. The summed E-state index contributed by atoms with van der Waals surface area (Å²) in [6.07, 6.45) is 3.08. The molecule has 0 saturated heterocycles. The van der Waals surface area contributed by atoms with Crippen molar-refractivity contribution in [1.29, 1.82) is 5.26 Å². The summed E-state index contributed by atoms with van der Waals surface area (Å²) in [6, 6.07) is 10.3. The molecule has 1 aliphatic carbocycles. The van der Waals surface area contributed by atoms with E-state index in [1.807, 2.05) is 18.2 Å². The third-order valence-corrected chi connectivity index (χ3v) is 4.42. The lowest BCUT2D eigenvalue weighted by Crippen LogP contribution is -2.02. The van der Waals surface area contributed by atoms with E-state index in [9.17, 15) is 0 Å². The van der Waals surface area contributed by atoms with E-state index >= 15 is 0 Å². The van der Waals surface area contributed by atoms with Crippen molar-refractivity contribution in [3.05, 3.63) is 24.3 Å². The molecule has 84 valence electrons. The van der Waals surface area contributed by atoms with Gasteiger partial charge in [0.05, 0.1) is 13.2 Å². The molecule has 1 aromatic rings. The van der Waals surface area contributed by atoms with Crippen LogP contribution in [0.2, 0.25) is 0 Å². The summed E-state index contributed by atoms with van der Waals surface area (Å²) in [5.74, 6) is 1.96.